The SMILES string of the molecule is C=CC[C@@]1(S(=O)c2ccccc2)C(=O)N(c2ccc(C)cc2)[C@@H]1c1ccc(Cl)cc1. The molecule has 3 atom stereocenters. The van der Waals surface area contributed by atoms with Crippen LogP contribution in [0, 0.1) is 6.92 Å². The van der Waals surface area contributed by atoms with Crippen molar-refractivity contribution in [2.45, 2.75) is 29.0 Å². The van der Waals surface area contributed by atoms with Crippen LogP contribution < -0.4 is 4.90 Å². The highest BCUT2D eigenvalue weighted by atomic mass is 35.5. The van der Waals surface area contributed by atoms with Crippen LogP contribution in [0.2, 0.25) is 5.02 Å². The van der Waals surface area contributed by atoms with Gasteiger partial charge in [0.25, 0.3) is 0 Å². The van der Waals surface area contributed by atoms with Crippen molar-refractivity contribution in [1.82, 2.24) is 0 Å². The number of aryl methyl sites for hydroxylation is 1. The first-order valence-electron chi connectivity index (χ1n) is 9.72. The van der Waals surface area contributed by atoms with Gasteiger partial charge in [0.2, 0.25) is 5.91 Å². The number of amides is 1. The van der Waals surface area contributed by atoms with Gasteiger partial charge in [0.1, 0.15) is 0 Å². The lowest BCUT2D eigenvalue weighted by molar-refractivity contribution is -0.128. The molecule has 3 aromatic rings. The minimum atomic E-state index is -1.56. The number of carbonyl (C=O) groups is 1. The van der Waals surface area contributed by atoms with Crippen molar-refractivity contribution in [3.8, 4) is 0 Å². The zero-order chi connectivity index (χ0) is 21.3. The number of rotatable bonds is 6. The summed E-state index contributed by atoms with van der Waals surface area (Å²) in [7, 11) is -1.56. The van der Waals surface area contributed by atoms with Crippen LogP contribution in [0.4, 0.5) is 5.69 Å². The third kappa shape index (κ3) is 3.30. The predicted octanol–water partition coefficient (Wildman–Crippen LogP) is 5.86. The van der Waals surface area contributed by atoms with E-state index in [1.54, 1.807) is 23.1 Å². The zero-order valence-electron chi connectivity index (χ0n) is 16.6. The van der Waals surface area contributed by atoms with E-state index >= 15 is 0 Å². The molecule has 0 N–H and O–H groups in total. The van der Waals surface area contributed by atoms with E-state index in [4.69, 9.17) is 11.6 Å². The Bertz CT molecular complexity index is 1100. The van der Waals surface area contributed by atoms with Gasteiger partial charge < -0.3 is 4.90 Å². The second-order valence-corrected chi connectivity index (χ2v) is 9.60. The highest BCUT2D eigenvalue weighted by Gasteiger charge is 2.65. The Balaban J connectivity index is 1.88. The largest absolute Gasteiger partial charge is 0.301 e. The normalized spacial score (nSPS) is 21.7. The maximum absolute atomic E-state index is 13.8. The third-order valence-electron chi connectivity index (χ3n) is 5.51. The van der Waals surface area contributed by atoms with Gasteiger partial charge in [-0.25, -0.2) is 0 Å². The summed E-state index contributed by atoms with van der Waals surface area (Å²) in [4.78, 5) is 16.1. The van der Waals surface area contributed by atoms with E-state index in [9.17, 15) is 9.00 Å². The molecular weight excluding hydrogens is 414 g/mol. The summed E-state index contributed by atoms with van der Waals surface area (Å²) in [5.41, 5.74) is 2.79. The molecule has 3 nitrogen and oxygen atoms in total. The number of benzene rings is 3. The fraction of sp³-hybridized carbons (Fsp3) is 0.160. The third-order valence-corrected chi connectivity index (χ3v) is 7.69. The van der Waals surface area contributed by atoms with Gasteiger partial charge in [0.15, 0.2) is 4.75 Å². The Morgan fingerprint density at radius 1 is 1.03 bits per heavy atom. The van der Waals surface area contributed by atoms with Crippen molar-refractivity contribution in [2.24, 2.45) is 0 Å². The molecular formula is C25H22ClNO2S. The summed E-state index contributed by atoms with van der Waals surface area (Å²) in [5, 5.41) is 0.616. The number of halogens is 1. The van der Waals surface area contributed by atoms with E-state index in [2.05, 4.69) is 6.58 Å². The van der Waals surface area contributed by atoms with Crippen LogP contribution in [0.15, 0.2) is 96.4 Å². The van der Waals surface area contributed by atoms with Crippen LogP contribution in [0.3, 0.4) is 0 Å². The summed E-state index contributed by atoms with van der Waals surface area (Å²) in [6.07, 6.45) is 2.00. The van der Waals surface area contributed by atoms with Crippen LogP contribution in [0.25, 0.3) is 0 Å². The molecule has 0 saturated carbocycles. The number of allylic oxidation sites excluding steroid dienone is 1. The summed E-state index contributed by atoms with van der Waals surface area (Å²) in [6, 6.07) is 24.0. The van der Waals surface area contributed by atoms with Gasteiger partial charge in [-0.2, -0.15) is 0 Å². The van der Waals surface area contributed by atoms with Gasteiger partial charge in [-0.3, -0.25) is 9.00 Å². The van der Waals surface area contributed by atoms with Gasteiger partial charge >= 0.3 is 0 Å². The molecule has 0 aromatic heterocycles. The van der Waals surface area contributed by atoms with E-state index in [1.807, 2.05) is 73.7 Å². The van der Waals surface area contributed by atoms with Crippen LogP contribution in [-0.2, 0) is 15.6 Å². The smallest absolute Gasteiger partial charge is 0.249 e. The van der Waals surface area contributed by atoms with E-state index < -0.39 is 21.6 Å². The molecule has 1 amide bonds. The molecule has 1 heterocycles. The van der Waals surface area contributed by atoms with Crippen molar-refractivity contribution in [3.63, 3.8) is 0 Å². The Kier molecular flexibility index (Phi) is 5.63. The average molecular weight is 436 g/mol. The van der Waals surface area contributed by atoms with Crippen molar-refractivity contribution in [3.05, 3.63) is 108 Å². The highest BCUT2D eigenvalue weighted by molar-refractivity contribution is 7.87. The molecule has 0 radical (unpaired) electrons. The zero-order valence-corrected chi connectivity index (χ0v) is 18.2. The van der Waals surface area contributed by atoms with Gasteiger partial charge in [-0.05, 0) is 55.3 Å². The second kappa shape index (κ2) is 8.21. The van der Waals surface area contributed by atoms with Crippen LogP contribution >= 0.6 is 11.6 Å². The quantitative estimate of drug-likeness (QED) is 0.359. The van der Waals surface area contributed by atoms with Crippen molar-refractivity contribution >= 4 is 34.0 Å². The van der Waals surface area contributed by atoms with E-state index in [0.29, 0.717) is 16.3 Å². The monoisotopic (exact) mass is 435 g/mol. The Labute approximate surface area is 184 Å². The molecule has 30 heavy (non-hydrogen) atoms. The topological polar surface area (TPSA) is 37.4 Å². The van der Waals surface area contributed by atoms with Crippen molar-refractivity contribution in [1.29, 1.82) is 0 Å². The number of hydrogen-bond donors (Lipinski definition) is 0. The number of β-lactam (4-membered cyclic amide) rings is 1. The summed E-state index contributed by atoms with van der Waals surface area (Å²) < 4.78 is 12.7. The molecule has 0 spiro atoms. The van der Waals surface area contributed by atoms with E-state index in [-0.39, 0.29) is 5.91 Å². The minimum Gasteiger partial charge on any atom is -0.301 e. The maximum Gasteiger partial charge on any atom is 0.249 e. The van der Waals surface area contributed by atoms with Crippen LogP contribution in [0.1, 0.15) is 23.6 Å². The van der Waals surface area contributed by atoms with Crippen molar-refractivity contribution in [2.75, 3.05) is 4.90 Å². The summed E-state index contributed by atoms with van der Waals surface area (Å²) in [6.45, 7) is 5.87. The fourth-order valence-corrected chi connectivity index (χ4v) is 5.96. The molecule has 1 aliphatic heterocycles. The van der Waals surface area contributed by atoms with Gasteiger partial charge in [0.05, 0.1) is 16.8 Å². The van der Waals surface area contributed by atoms with Crippen LogP contribution in [-0.4, -0.2) is 14.9 Å². The minimum absolute atomic E-state index is 0.159. The molecule has 152 valence electrons. The van der Waals surface area contributed by atoms with Crippen LogP contribution in [0.5, 0.6) is 0 Å². The highest BCUT2D eigenvalue weighted by Crippen LogP contribution is 2.53. The number of hydrogen-bond acceptors (Lipinski definition) is 2. The number of anilines is 1. The van der Waals surface area contributed by atoms with E-state index in [0.717, 1.165) is 16.8 Å². The first-order valence-corrected chi connectivity index (χ1v) is 11.3. The standard InChI is InChI=1S/C25H22ClNO2S/c1-3-17-25(30(29)22-7-5-4-6-8-22)23(19-11-13-20(26)14-12-19)27(24(25)28)21-15-9-18(2)10-16-21/h3-16,23H,1,17H2,2H3/t23-,25+,30?/m1/s1. The summed E-state index contributed by atoms with van der Waals surface area (Å²) in [5.74, 6) is -0.159. The van der Waals surface area contributed by atoms with Gasteiger partial charge in [-0.1, -0.05) is 65.7 Å². The first kappa shape index (κ1) is 20.6. The molecule has 4 rings (SSSR count). The van der Waals surface area contributed by atoms with Gasteiger partial charge in [-0.15, -0.1) is 6.58 Å². The van der Waals surface area contributed by atoms with Gasteiger partial charge in [0, 0.05) is 15.6 Å². The molecule has 1 unspecified atom stereocenters. The second-order valence-electron chi connectivity index (χ2n) is 7.43. The lowest BCUT2D eigenvalue weighted by Crippen LogP contribution is -2.70. The lowest BCUT2D eigenvalue weighted by Gasteiger charge is -2.55. The molecule has 0 aliphatic carbocycles. The maximum atomic E-state index is 13.8. The molecule has 1 aliphatic rings. The lowest BCUT2D eigenvalue weighted by atomic mass is 9.78. The van der Waals surface area contributed by atoms with Crippen molar-refractivity contribution < 1.29 is 9.00 Å². The number of carbonyl (C=O) groups excluding carboxylic acids is 1. The summed E-state index contributed by atoms with van der Waals surface area (Å²) >= 11 is 6.11. The van der Waals surface area contributed by atoms with E-state index in [1.165, 1.54) is 0 Å². The Morgan fingerprint density at radius 3 is 2.27 bits per heavy atom. The fourth-order valence-electron chi connectivity index (χ4n) is 4.04. The number of nitrogens with zero attached hydrogens (tertiary/aromatic N) is 1. The first-order chi connectivity index (χ1) is 14.5. The molecule has 3 aromatic carbocycles. The molecule has 1 saturated heterocycles. The predicted molar refractivity (Wildman–Crippen MR) is 123 cm³/mol. The molecule has 5 heteroatoms. The average Bonchev–Trinajstić information content (AvgIpc) is 2.77. The molecule has 0 bridgehead atoms. The Hall–Kier alpha value is -2.69. The Morgan fingerprint density at radius 2 is 1.67 bits per heavy atom. The molecule has 1 fully saturated rings.